The van der Waals surface area contributed by atoms with Crippen molar-refractivity contribution in [3.05, 3.63) is 12.3 Å². The van der Waals surface area contributed by atoms with Gasteiger partial charge in [-0.15, -0.1) is 0 Å². The summed E-state index contributed by atoms with van der Waals surface area (Å²) in [7, 11) is 4.17. The molecule has 0 aliphatic rings. The van der Waals surface area contributed by atoms with Crippen LogP contribution in [0.1, 0.15) is 124 Å². The van der Waals surface area contributed by atoms with Gasteiger partial charge >= 0.3 is 0 Å². The van der Waals surface area contributed by atoms with Crippen LogP contribution in [0.4, 0.5) is 0 Å². The lowest BCUT2D eigenvalue weighted by molar-refractivity contribution is 0.534. The molecule has 0 aliphatic heterocycles. The molecule has 1 nitrogen and oxygen atoms in total. The Kier molecular flexibility index (Phi) is 26.6. The van der Waals surface area contributed by atoms with Gasteiger partial charge in [-0.25, -0.2) is 0 Å². The van der Waals surface area contributed by atoms with Gasteiger partial charge in [0.05, 0.1) is 0 Å². The highest BCUT2D eigenvalue weighted by molar-refractivity contribution is 4.78. The highest BCUT2D eigenvalue weighted by Crippen LogP contribution is 2.13. The summed E-state index contributed by atoms with van der Waals surface area (Å²) in [4.78, 5) is 2.11. The average molecular weight is 340 g/mol. The van der Waals surface area contributed by atoms with E-state index in [2.05, 4.69) is 52.0 Å². The Bertz CT molecular complexity index is 220. The van der Waals surface area contributed by atoms with Gasteiger partial charge in [0, 0.05) is 14.1 Å². The van der Waals surface area contributed by atoms with Crippen molar-refractivity contribution in [2.45, 2.75) is 124 Å². The number of hydrogen-bond donors (Lipinski definition) is 0. The number of nitrogens with zero attached hydrogens (tertiary/aromatic N) is 1. The Balaban J connectivity index is 0. The van der Waals surface area contributed by atoms with Gasteiger partial charge in [-0.2, -0.15) is 0 Å². The maximum absolute atomic E-state index is 2.29. The van der Waals surface area contributed by atoms with Gasteiger partial charge in [0.25, 0.3) is 0 Å². The lowest BCUT2D eigenvalue weighted by Crippen LogP contribution is -1.99. The molecule has 24 heavy (non-hydrogen) atoms. The summed E-state index contributed by atoms with van der Waals surface area (Å²) < 4.78 is 0. The molecule has 0 radical (unpaired) electrons. The van der Waals surface area contributed by atoms with E-state index in [0.29, 0.717) is 0 Å². The van der Waals surface area contributed by atoms with Crippen molar-refractivity contribution in [1.29, 1.82) is 0 Å². The number of unbranched alkanes of at least 4 members (excludes halogenated alkanes) is 14. The Morgan fingerprint density at radius 3 is 1.21 bits per heavy atom. The lowest BCUT2D eigenvalue weighted by Gasteiger charge is -2.04. The molecule has 146 valence electrons. The van der Waals surface area contributed by atoms with Crippen molar-refractivity contribution >= 4 is 0 Å². The maximum atomic E-state index is 2.29. The molecule has 0 aromatic carbocycles. The number of hydrogen-bond acceptors (Lipinski definition) is 1. The molecule has 0 spiro atoms. The van der Waals surface area contributed by atoms with Gasteiger partial charge in [-0.3, -0.25) is 0 Å². The van der Waals surface area contributed by atoms with E-state index in [-0.39, 0.29) is 0 Å². The Hall–Kier alpha value is -0.460. The second-order valence-corrected chi connectivity index (χ2v) is 7.44. The van der Waals surface area contributed by atoms with Crippen LogP contribution in [0.25, 0.3) is 0 Å². The SMILES string of the molecule is CCC.CCCCCCCCCCCCCCCCC=CN(C)C. The zero-order valence-corrected chi connectivity index (χ0v) is 17.9. The van der Waals surface area contributed by atoms with Gasteiger partial charge in [0.2, 0.25) is 0 Å². The van der Waals surface area contributed by atoms with Crippen LogP contribution in [0.2, 0.25) is 0 Å². The standard InChI is InChI=1S/C20H41N.C3H8/c1-4-5-6-7-8-9-10-11-12-13-14-15-16-17-18-19-20-21(2)3;1-3-2/h19-20H,4-18H2,1-3H3;3H2,1-2H3. The molecule has 0 fully saturated rings. The predicted octanol–water partition coefficient (Wildman–Crippen LogP) is 8.35. The van der Waals surface area contributed by atoms with Crippen molar-refractivity contribution in [3.63, 3.8) is 0 Å². The minimum Gasteiger partial charge on any atom is -0.384 e. The fourth-order valence-electron chi connectivity index (χ4n) is 2.74. The molecule has 0 rings (SSSR count). The van der Waals surface area contributed by atoms with E-state index in [9.17, 15) is 0 Å². The topological polar surface area (TPSA) is 3.24 Å². The molecule has 0 amide bonds. The van der Waals surface area contributed by atoms with Crippen molar-refractivity contribution in [3.8, 4) is 0 Å². The highest BCUT2D eigenvalue weighted by atomic mass is 15.0. The number of allylic oxidation sites excluding steroid dienone is 1. The molecular formula is C23H49N. The smallest absolute Gasteiger partial charge is 0.00555 e. The number of rotatable bonds is 16. The van der Waals surface area contributed by atoms with Crippen LogP contribution in [0.5, 0.6) is 0 Å². The van der Waals surface area contributed by atoms with Crippen molar-refractivity contribution in [2.75, 3.05) is 14.1 Å². The van der Waals surface area contributed by atoms with E-state index in [1.807, 2.05) is 0 Å². The van der Waals surface area contributed by atoms with E-state index in [0.717, 1.165) is 0 Å². The zero-order chi connectivity index (χ0) is 18.3. The van der Waals surface area contributed by atoms with Crippen LogP contribution in [0.15, 0.2) is 12.3 Å². The first-order valence-corrected chi connectivity index (χ1v) is 11.0. The van der Waals surface area contributed by atoms with Crippen LogP contribution < -0.4 is 0 Å². The Morgan fingerprint density at radius 2 is 0.875 bits per heavy atom. The lowest BCUT2D eigenvalue weighted by atomic mass is 10.0. The summed E-state index contributed by atoms with van der Waals surface area (Å²) in [5, 5.41) is 0. The van der Waals surface area contributed by atoms with E-state index in [4.69, 9.17) is 0 Å². The molecule has 0 atom stereocenters. The van der Waals surface area contributed by atoms with Crippen molar-refractivity contribution in [1.82, 2.24) is 4.90 Å². The third-order valence-corrected chi connectivity index (χ3v) is 4.13. The normalized spacial score (nSPS) is 10.7. The minimum absolute atomic E-state index is 1.25. The fourth-order valence-corrected chi connectivity index (χ4v) is 2.74. The van der Waals surface area contributed by atoms with Crippen LogP contribution in [-0.2, 0) is 0 Å². The first-order chi connectivity index (χ1) is 11.7. The summed E-state index contributed by atoms with van der Waals surface area (Å²) in [5.41, 5.74) is 0. The molecule has 0 bridgehead atoms. The zero-order valence-electron chi connectivity index (χ0n) is 17.9. The fraction of sp³-hybridized carbons (Fsp3) is 0.913. The summed E-state index contributed by atoms with van der Waals surface area (Å²) in [6.07, 6.45) is 27.2. The monoisotopic (exact) mass is 339 g/mol. The summed E-state index contributed by atoms with van der Waals surface area (Å²) in [6.45, 7) is 6.54. The average Bonchev–Trinajstić information content (AvgIpc) is 2.55. The largest absolute Gasteiger partial charge is 0.384 e. The van der Waals surface area contributed by atoms with Gasteiger partial charge in [0.15, 0.2) is 0 Å². The molecule has 1 heteroatoms. The van der Waals surface area contributed by atoms with Crippen LogP contribution in [0.3, 0.4) is 0 Å². The minimum atomic E-state index is 1.25. The first kappa shape index (κ1) is 25.8. The van der Waals surface area contributed by atoms with E-state index >= 15 is 0 Å². The van der Waals surface area contributed by atoms with Gasteiger partial charge in [-0.1, -0.05) is 117 Å². The predicted molar refractivity (Wildman–Crippen MR) is 114 cm³/mol. The Morgan fingerprint density at radius 1 is 0.542 bits per heavy atom. The van der Waals surface area contributed by atoms with E-state index < -0.39 is 0 Å². The summed E-state index contributed by atoms with van der Waals surface area (Å²) in [5.74, 6) is 0. The summed E-state index contributed by atoms with van der Waals surface area (Å²) in [6, 6.07) is 0. The highest BCUT2D eigenvalue weighted by Gasteiger charge is 1.93. The van der Waals surface area contributed by atoms with Gasteiger partial charge in [-0.05, 0) is 19.0 Å². The molecular weight excluding hydrogens is 290 g/mol. The van der Waals surface area contributed by atoms with Gasteiger partial charge < -0.3 is 4.90 Å². The van der Waals surface area contributed by atoms with E-state index in [1.165, 1.54) is 103 Å². The van der Waals surface area contributed by atoms with Crippen LogP contribution in [0, 0.1) is 0 Å². The van der Waals surface area contributed by atoms with Crippen molar-refractivity contribution < 1.29 is 0 Å². The molecule has 0 unspecified atom stereocenters. The molecule has 0 aromatic rings. The maximum Gasteiger partial charge on any atom is 0.00555 e. The molecule has 0 heterocycles. The third-order valence-electron chi connectivity index (χ3n) is 4.13. The first-order valence-electron chi connectivity index (χ1n) is 11.0. The quantitative estimate of drug-likeness (QED) is 0.255. The molecule has 0 saturated heterocycles. The summed E-state index contributed by atoms with van der Waals surface area (Å²) >= 11 is 0. The molecule has 0 aliphatic carbocycles. The van der Waals surface area contributed by atoms with Crippen LogP contribution >= 0.6 is 0 Å². The van der Waals surface area contributed by atoms with Crippen LogP contribution in [-0.4, -0.2) is 19.0 Å². The van der Waals surface area contributed by atoms with E-state index in [1.54, 1.807) is 0 Å². The second kappa shape index (κ2) is 24.8. The van der Waals surface area contributed by atoms with Crippen molar-refractivity contribution in [2.24, 2.45) is 0 Å². The van der Waals surface area contributed by atoms with Gasteiger partial charge in [0.1, 0.15) is 0 Å². The molecule has 0 aromatic heterocycles. The molecule has 0 saturated carbocycles. The molecule has 0 N–H and O–H groups in total. The second-order valence-electron chi connectivity index (χ2n) is 7.44. The Labute approximate surface area is 155 Å². The third kappa shape index (κ3) is 29.5.